The second-order valence-corrected chi connectivity index (χ2v) is 3.65. The van der Waals surface area contributed by atoms with Gasteiger partial charge in [0.05, 0.1) is 18.2 Å². The number of hydrogen-bond acceptors (Lipinski definition) is 4. The van der Waals surface area contributed by atoms with E-state index >= 15 is 0 Å². The van der Waals surface area contributed by atoms with Gasteiger partial charge in [0, 0.05) is 5.54 Å². The van der Waals surface area contributed by atoms with Crippen LogP contribution in [0.25, 0.3) is 0 Å². The summed E-state index contributed by atoms with van der Waals surface area (Å²) in [6.07, 6.45) is 0. The average molecular weight is 269 g/mol. The molecule has 0 N–H and O–H groups in total. The molecule has 0 spiro atoms. The summed E-state index contributed by atoms with van der Waals surface area (Å²) in [7, 11) is 0. The third-order valence-corrected chi connectivity index (χ3v) is 2.76. The number of carbonyl (C=O) groups is 2. The molecule has 0 aliphatic rings. The number of hydrogen-bond donors (Lipinski definition) is 0. The van der Waals surface area contributed by atoms with Crippen molar-refractivity contribution in [3.63, 3.8) is 0 Å². The summed E-state index contributed by atoms with van der Waals surface area (Å²) in [5.74, 6) is -1.56. The second kappa shape index (κ2) is 6.76. The third-order valence-electron chi connectivity index (χ3n) is 1.94. The minimum atomic E-state index is -1.70. The lowest BCUT2D eigenvalue weighted by atomic mass is 9.91. The predicted molar refractivity (Wildman–Crippen MR) is 61.2 cm³/mol. The Hall–Kier alpha value is -0.740. The van der Waals surface area contributed by atoms with Crippen molar-refractivity contribution in [1.29, 1.82) is 0 Å². The first-order valence-corrected chi connectivity index (χ1v) is 5.57. The first-order chi connectivity index (χ1) is 7.44. The van der Waals surface area contributed by atoms with E-state index in [2.05, 4.69) is 0 Å². The summed E-state index contributed by atoms with van der Waals surface area (Å²) in [4.78, 5) is 23.3. The molecule has 0 heterocycles. The number of rotatable bonds is 5. The van der Waals surface area contributed by atoms with E-state index in [4.69, 9.17) is 32.7 Å². The molecule has 0 rings (SSSR count). The first kappa shape index (κ1) is 15.3. The van der Waals surface area contributed by atoms with Crippen LogP contribution in [0, 0.1) is 5.41 Å². The Balaban J connectivity index is 5.19. The fraction of sp³-hybridized carbons (Fsp3) is 0.600. The molecule has 6 heteroatoms. The van der Waals surface area contributed by atoms with Crippen LogP contribution in [-0.2, 0) is 19.1 Å². The van der Waals surface area contributed by atoms with E-state index in [1.165, 1.54) is 6.92 Å². The highest BCUT2D eigenvalue weighted by Gasteiger charge is 2.47. The minimum absolute atomic E-state index is 0.133. The quantitative estimate of drug-likeness (QED) is 0.568. The third kappa shape index (κ3) is 3.12. The Morgan fingerprint density at radius 2 is 1.56 bits per heavy atom. The van der Waals surface area contributed by atoms with E-state index in [0.29, 0.717) is 0 Å². The Morgan fingerprint density at radius 1 is 1.19 bits per heavy atom. The maximum Gasteiger partial charge on any atom is 0.328 e. The molecular weight excluding hydrogens is 255 g/mol. The molecule has 0 amide bonds. The number of halogens is 2. The van der Waals surface area contributed by atoms with Crippen molar-refractivity contribution < 1.29 is 19.1 Å². The fourth-order valence-electron chi connectivity index (χ4n) is 0.938. The van der Waals surface area contributed by atoms with E-state index in [9.17, 15) is 9.59 Å². The molecule has 0 saturated carbocycles. The van der Waals surface area contributed by atoms with Gasteiger partial charge < -0.3 is 9.47 Å². The van der Waals surface area contributed by atoms with Crippen LogP contribution in [0.3, 0.4) is 0 Å². The zero-order valence-corrected chi connectivity index (χ0v) is 10.9. The topological polar surface area (TPSA) is 52.6 Å². The van der Waals surface area contributed by atoms with Gasteiger partial charge in [0.25, 0.3) is 0 Å². The van der Waals surface area contributed by atoms with Crippen molar-refractivity contribution >= 4 is 35.1 Å². The minimum Gasteiger partial charge on any atom is -0.465 e. The zero-order valence-electron chi connectivity index (χ0n) is 9.38. The van der Waals surface area contributed by atoms with Crippen LogP contribution in [0.15, 0.2) is 10.6 Å². The Bertz CT molecular complexity index is 281. The van der Waals surface area contributed by atoms with E-state index in [0.717, 1.165) is 5.54 Å². The van der Waals surface area contributed by atoms with E-state index < -0.39 is 17.4 Å². The molecule has 0 radical (unpaired) electrons. The smallest absolute Gasteiger partial charge is 0.328 e. The van der Waals surface area contributed by atoms with Crippen molar-refractivity contribution in [3.8, 4) is 0 Å². The molecule has 0 aromatic heterocycles. The lowest BCUT2D eigenvalue weighted by Crippen LogP contribution is -2.39. The Labute approximate surface area is 104 Å². The molecule has 0 aliphatic heterocycles. The Morgan fingerprint density at radius 3 is 1.81 bits per heavy atom. The molecule has 0 saturated heterocycles. The van der Waals surface area contributed by atoms with Crippen molar-refractivity contribution in [2.45, 2.75) is 20.8 Å². The van der Waals surface area contributed by atoms with Crippen LogP contribution in [0.1, 0.15) is 20.8 Å². The maximum absolute atomic E-state index is 11.7. The summed E-state index contributed by atoms with van der Waals surface area (Å²) >= 11 is 11.2. The number of ether oxygens (including phenoxy) is 2. The molecule has 0 unspecified atom stereocenters. The highest BCUT2D eigenvalue weighted by molar-refractivity contribution is 6.40. The van der Waals surface area contributed by atoms with Crippen LogP contribution in [0.2, 0.25) is 0 Å². The number of esters is 2. The van der Waals surface area contributed by atoms with Gasteiger partial charge in [-0.15, -0.1) is 0 Å². The van der Waals surface area contributed by atoms with E-state index in [1.54, 1.807) is 13.8 Å². The normalized spacial score (nSPS) is 12.2. The van der Waals surface area contributed by atoms with Crippen LogP contribution < -0.4 is 0 Å². The van der Waals surface area contributed by atoms with Gasteiger partial charge in [-0.25, -0.2) is 0 Å². The van der Waals surface area contributed by atoms with Gasteiger partial charge in [-0.1, -0.05) is 23.2 Å². The van der Waals surface area contributed by atoms with Crippen molar-refractivity contribution in [2.75, 3.05) is 13.2 Å². The summed E-state index contributed by atoms with van der Waals surface area (Å²) in [5.41, 5.74) is -0.745. The van der Waals surface area contributed by atoms with Crippen LogP contribution in [0.5, 0.6) is 0 Å². The van der Waals surface area contributed by atoms with Crippen LogP contribution in [0.4, 0.5) is 0 Å². The fourth-order valence-corrected chi connectivity index (χ4v) is 1.31. The molecule has 0 bridgehead atoms. The van der Waals surface area contributed by atoms with Gasteiger partial charge in [0.1, 0.15) is 0 Å². The SMILES string of the molecule is CCOC(=O)C(C)(C(=O)OCC)/C(Cl)=C\Cl. The van der Waals surface area contributed by atoms with Crippen LogP contribution >= 0.6 is 23.2 Å². The average Bonchev–Trinajstić information content (AvgIpc) is 2.27. The zero-order chi connectivity index (χ0) is 12.8. The lowest BCUT2D eigenvalue weighted by Gasteiger charge is -2.23. The van der Waals surface area contributed by atoms with Crippen molar-refractivity contribution in [2.24, 2.45) is 5.41 Å². The van der Waals surface area contributed by atoms with Gasteiger partial charge >= 0.3 is 11.9 Å². The van der Waals surface area contributed by atoms with Gasteiger partial charge in [0.15, 0.2) is 5.41 Å². The van der Waals surface area contributed by atoms with Gasteiger partial charge in [-0.3, -0.25) is 9.59 Å². The molecule has 16 heavy (non-hydrogen) atoms. The van der Waals surface area contributed by atoms with Crippen LogP contribution in [-0.4, -0.2) is 25.2 Å². The van der Waals surface area contributed by atoms with Gasteiger partial charge in [-0.05, 0) is 20.8 Å². The van der Waals surface area contributed by atoms with E-state index in [1.807, 2.05) is 0 Å². The molecule has 0 aliphatic carbocycles. The monoisotopic (exact) mass is 268 g/mol. The molecule has 0 aromatic rings. The second-order valence-electron chi connectivity index (χ2n) is 3.02. The first-order valence-electron chi connectivity index (χ1n) is 4.75. The standard InChI is InChI=1S/C10H14Cl2O4/c1-4-15-8(13)10(3,7(12)6-11)9(14)16-5-2/h6H,4-5H2,1-3H3/b7-6+. The maximum atomic E-state index is 11.7. The largest absolute Gasteiger partial charge is 0.465 e. The molecule has 92 valence electrons. The highest BCUT2D eigenvalue weighted by Crippen LogP contribution is 2.33. The molecule has 0 aromatic carbocycles. The molecule has 0 fully saturated rings. The highest BCUT2D eigenvalue weighted by atomic mass is 35.5. The molecule has 0 atom stereocenters. The lowest BCUT2D eigenvalue weighted by molar-refractivity contribution is -0.167. The van der Waals surface area contributed by atoms with Gasteiger partial charge in [0.2, 0.25) is 0 Å². The Kier molecular flexibility index (Phi) is 6.45. The summed E-state index contributed by atoms with van der Waals surface area (Å²) in [6, 6.07) is 0. The summed E-state index contributed by atoms with van der Waals surface area (Å²) in [5, 5.41) is -0.133. The molecule has 4 nitrogen and oxygen atoms in total. The summed E-state index contributed by atoms with van der Waals surface area (Å²) in [6.45, 7) is 4.84. The van der Waals surface area contributed by atoms with Gasteiger partial charge in [-0.2, -0.15) is 0 Å². The predicted octanol–water partition coefficient (Wildman–Crippen LogP) is 2.44. The number of carbonyl (C=O) groups excluding carboxylic acids is 2. The molecular formula is C10H14Cl2O4. The summed E-state index contributed by atoms with van der Waals surface area (Å²) < 4.78 is 9.55. The van der Waals surface area contributed by atoms with Crippen molar-refractivity contribution in [3.05, 3.63) is 10.6 Å². The van der Waals surface area contributed by atoms with Crippen molar-refractivity contribution in [1.82, 2.24) is 0 Å². The van der Waals surface area contributed by atoms with E-state index in [-0.39, 0.29) is 18.2 Å².